The molecule has 1 aliphatic rings. The van der Waals surface area contributed by atoms with Crippen molar-refractivity contribution in [1.29, 1.82) is 5.26 Å². The number of hydrogen-bond donors (Lipinski definition) is 3. The summed E-state index contributed by atoms with van der Waals surface area (Å²) >= 11 is 0. The van der Waals surface area contributed by atoms with E-state index in [4.69, 9.17) is 5.73 Å². The third kappa shape index (κ3) is 6.43. The van der Waals surface area contributed by atoms with Crippen LogP contribution in [0.5, 0.6) is 0 Å². The maximum atomic E-state index is 13.4. The van der Waals surface area contributed by atoms with Gasteiger partial charge in [0.1, 0.15) is 18.4 Å². The van der Waals surface area contributed by atoms with Gasteiger partial charge in [-0.1, -0.05) is 0 Å². The number of aliphatic hydroxyl groups excluding tert-OH is 1. The molecule has 1 aliphatic heterocycles. The van der Waals surface area contributed by atoms with Crippen molar-refractivity contribution in [1.82, 2.24) is 0 Å². The standard InChI is InChI=1S/C25H26FN5O4/c1-16(28)22(14-29-19-4-2-18(26)3-5-19)25(35)31(15-24(33)34)20-6-7-23(17(12-20)13-27)30-10-8-21(32)9-11-30/h2-7,12,14,21,32H,8-11,15,28H2,1H3,(H,33,34). The van der Waals surface area contributed by atoms with Crippen LogP contribution in [-0.4, -0.2) is 54.0 Å². The highest BCUT2D eigenvalue weighted by Gasteiger charge is 2.25. The van der Waals surface area contributed by atoms with E-state index in [9.17, 15) is 29.5 Å². The van der Waals surface area contributed by atoms with E-state index in [-0.39, 0.29) is 28.6 Å². The summed E-state index contributed by atoms with van der Waals surface area (Å²) in [6.07, 6.45) is 1.99. The number of carboxylic acid groups (broad SMARTS) is 1. The van der Waals surface area contributed by atoms with Crippen molar-refractivity contribution in [3.8, 4) is 6.07 Å². The SMILES string of the molecule is CC(N)=C(C=Nc1ccc(F)cc1)C(=O)N(CC(=O)O)c1ccc(N2CCC(O)CC2)c(C#N)c1. The van der Waals surface area contributed by atoms with Crippen molar-refractivity contribution in [2.24, 2.45) is 10.7 Å². The van der Waals surface area contributed by atoms with E-state index in [1.54, 1.807) is 12.1 Å². The van der Waals surface area contributed by atoms with Crippen LogP contribution in [0.15, 0.2) is 58.7 Å². The molecule has 2 aromatic rings. The first-order valence-electron chi connectivity index (χ1n) is 11.0. The molecular weight excluding hydrogens is 453 g/mol. The van der Waals surface area contributed by atoms with Gasteiger partial charge in [0.25, 0.3) is 5.91 Å². The number of hydrogen-bond acceptors (Lipinski definition) is 7. The molecule has 1 saturated heterocycles. The minimum atomic E-state index is -1.25. The lowest BCUT2D eigenvalue weighted by Gasteiger charge is -2.32. The fourth-order valence-corrected chi connectivity index (χ4v) is 3.72. The van der Waals surface area contributed by atoms with E-state index in [0.717, 1.165) is 4.90 Å². The number of aliphatic hydroxyl groups is 1. The number of benzene rings is 2. The zero-order chi connectivity index (χ0) is 25.5. The molecule has 35 heavy (non-hydrogen) atoms. The zero-order valence-corrected chi connectivity index (χ0v) is 19.2. The van der Waals surface area contributed by atoms with Gasteiger partial charge >= 0.3 is 5.97 Å². The summed E-state index contributed by atoms with van der Waals surface area (Å²) in [6.45, 7) is 1.97. The summed E-state index contributed by atoms with van der Waals surface area (Å²) in [5.74, 6) is -2.40. The quantitative estimate of drug-likeness (QED) is 0.409. The molecular formula is C25H26FN5O4. The number of nitriles is 1. The Balaban J connectivity index is 1.94. The molecule has 10 heteroatoms. The minimum Gasteiger partial charge on any atom is -0.480 e. The lowest BCUT2D eigenvalue weighted by Crippen LogP contribution is -2.38. The van der Waals surface area contributed by atoms with Crippen molar-refractivity contribution < 1.29 is 24.2 Å². The van der Waals surface area contributed by atoms with Gasteiger partial charge in [-0.25, -0.2) is 4.39 Å². The van der Waals surface area contributed by atoms with Gasteiger partial charge in [0, 0.05) is 30.7 Å². The molecule has 0 aliphatic carbocycles. The molecule has 0 unspecified atom stereocenters. The Morgan fingerprint density at radius 2 is 1.91 bits per heavy atom. The maximum absolute atomic E-state index is 13.4. The number of allylic oxidation sites excluding steroid dienone is 1. The second kappa shape index (κ2) is 11.3. The van der Waals surface area contributed by atoms with Crippen LogP contribution in [0.4, 0.5) is 21.5 Å². The Labute approximate surface area is 202 Å². The van der Waals surface area contributed by atoms with Gasteiger partial charge in [0.2, 0.25) is 0 Å². The molecule has 0 saturated carbocycles. The zero-order valence-electron chi connectivity index (χ0n) is 19.2. The van der Waals surface area contributed by atoms with Gasteiger partial charge in [-0.2, -0.15) is 5.26 Å². The van der Waals surface area contributed by atoms with E-state index < -0.39 is 24.2 Å². The molecule has 3 rings (SSSR count). The van der Waals surface area contributed by atoms with Crippen LogP contribution in [0, 0.1) is 17.1 Å². The van der Waals surface area contributed by atoms with Crippen molar-refractivity contribution >= 4 is 35.2 Å². The van der Waals surface area contributed by atoms with Crippen LogP contribution < -0.4 is 15.5 Å². The third-order valence-electron chi connectivity index (χ3n) is 5.58. The molecule has 1 amide bonds. The molecule has 182 valence electrons. The van der Waals surface area contributed by atoms with Crippen LogP contribution in [0.3, 0.4) is 0 Å². The van der Waals surface area contributed by atoms with Crippen LogP contribution in [0.2, 0.25) is 0 Å². The first kappa shape index (κ1) is 25.4. The third-order valence-corrected chi connectivity index (χ3v) is 5.58. The van der Waals surface area contributed by atoms with E-state index in [0.29, 0.717) is 37.3 Å². The van der Waals surface area contributed by atoms with Gasteiger partial charge in [0.05, 0.1) is 28.6 Å². The summed E-state index contributed by atoms with van der Waals surface area (Å²) in [4.78, 5) is 32.1. The summed E-state index contributed by atoms with van der Waals surface area (Å²) < 4.78 is 13.1. The molecule has 0 radical (unpaired) electrons. The van der Waals surface area contributed by atoms with Crippen LogP contribution in [0.1, 0.15) is 25.3 Å². The number of aliphatic imine (C=N–C) groups is 1. The Kier molecular flexibility index (Phi) is 8.17. The Hall–Kier alpha value is -4.23. The van der Waals surface area contributed by atoms with Gasteiger partial charge in [0.15, 0.2) is 0 Å². The molecule has 0 aromatic heterocycles. The number of carbonyl (C=O) groups is 2. The van der Waals surface area contributed by atoms with Gasteiger partial charge in [-0.15, -0.1) is 0 Å². The van der Waals surface area contributed by atoms with Crippen molar-refractivity contribution in [3.05, 3.63) is 65.1 Å². The summed E-state index contributed by atoms with van der Waals surface area (Å²) in [5.41, 5.74) is 7.50. The van der Waals surface area contributed by atoms with Crippen molar-refractivity contribution in [2.45, 2.75) is 25.9 Å². The van der Waals surface area contributed by atoms with E-state index in [1.165, 1.54) is 43.5 Å². The minimum absolute atomic E-state index is 0.0387. The molecule has 1 fully saturated rings. The van der Waals surface area contributed by atoms with Crippen LogP contribution in [-0.2, 0) is 9.59 Å². The number of carbonyl (C=O) groups excluding carboxylic acids is 1. The number of aliphatic carboxylic acids is 1. The Morgan fingerprint density at radius 1 is 1.26 bits per heavy atom. The molecule has 1 heterocycles. The molecule has 4 N–H and O–H groups in total. The average molecular weight is 480 g/mol. The highest BCUT2D eigenvalue weighted by atomic mass is 19.1. The highest BCUT2D eigenvalue weighted by molar-refractivity contribution is 6.20. The normalized spacial score (nSPS) is 15.0. The smallest absolute Gasteiger partial charge is 0.323 e. The molecule has 2 aromatic carbocycles. The number of anilines is 2. The predicted octanol–water partition coefficient (Wildman–Crippen LogP) is 2.71. The highest BCUT2D eigenvalue weighted by Crippen LogP contribution is 2.29. The Morgan fingerprint density at radius 3 is 2.49 bits per heavy atom. The monoisotopic (exact) mass is 479 g/mol. The second-order valence-corrected chi connectivity index (χ2v) is 8.15. The summed E-state index contributed by atoms with van der Waals surface area (Å²) in [6, 6.07) is 12.1. The number of piperidine rings is 1. The molecule has 0 spiro atoms. The van der Waals surface area contributed by atoms with Gasteiger partial charge in [-0.05, 0) is 62.2 Å². The molecule has 0 bridgehead atoms. The fraction of sp³-hybridized carbons (Fsp3) is 0.280. The first-order valence-corrected chi connectivity index (χ1v) is 11.0. The van der Waals surface area contributed by atoms with Crippen LogP contribution in [0.25, 0.3) is 0 Å². The van der Waals surface area contributed by atoms with Crippen molar-refractivity contribution in [3.63, 3.8) is 0 Å². The number of halogens is 1. The average Bonchev–Trinajstić information content (AvgIpc) is 2.83. The second-order valence-electron chi connectivity index (χ2n) is 8.15. The topological polar surface area (TPSA) is 143 Å². The first-order chi connectivity index (χ1) is 16.7. The van der Waals surface area contributed by atoms with Crippen LogP contribution >= 0.6 is 0 Å². The largest absolute Gasteiger partial charge is 0.480 e. The Bertz CT molecular complexity index is 1190. The lowest BCUT2D eigenvalue weighted by molar-refractivity contribution is -0.136. The van der Waals surface area contributed by atoms with E-state index in [2.05, 4.69) is 11.1 Å². The number of nitrogens with two attached hydrogens (primary N) is 1. The molecule has 0 atom stereocenters. The van der Waals surface area contributed by atoms with Gasteiger partial charge < -0.3 is 20.8 Å². The lowest BCUT2D eigenvalue weighted by atomic mass is 10.0. The number of nitrogens with zero attached hydrogens (tertiary/aromatic N) is 4. The number of amides is 1. The van der Waals surface area contributed by atoms with E-state index in [1.807, 2.05) is 4.90 Å². The molecule has 9 nitrogen and oxygen atoms in total. The van der Waals surface area contributed by atoms with Gasteiger partial charge in [-0.3, -0.25) is 19.5 Å². The number of rotatable bonds is 7. The van der Waals surface area contributed by atoms with E-state index >= 15 is 0 Å². The fourth-order valence-electron chi connectivity index (χ4n) is 3.72. The predicted molar refractivity (Wildman–Crippen MR) is 130 cm³/mol. The van der Waals surface area contributed by atoms with Crippen molar-refractivity contribution in [2.75, 3.05) is 29.4 Å². The number of carboxylic acids is 1. The maximum Gasteiger partial charge on any atom is 0.323 e. The summed E-state index contributed by atoms with van der Waals surface area (Å²) in [7, 11) is 0. The summed E-state index contributed by atoms with van der Waals surface area (Å²) in [5, 5.41) is 28.9.